The van der Waals surface area contributed by atoms with Crippen LogP contribution in [0.5, 0.6) is 0 Å². The van der Waals surface area contributed by atoms with Gasteiger partial charge in [-0.2, -0.15) is 5.10 Å². The van der Waals surface area contributed by atoms with Crippen molar-refractivity contribution in [2.45, 2.75) is 33.2 Å². The molecule has 2 heterocycles. The molecule has 98 valence electrons. The maximum absolute atomic E-state index is 4.55. The van der Waals surface area contributed by atoms with E-state index in [9.17, 15) is 0 Å². The van der Waals surface area contributed by atoms with Crippen LogP contribution >= 0.6 is 11.3 Å². The Morgan fingerprint density at radius 2 is 2.22 bits per heavy atom. The summed E-state index contributed by atoms with van der Waals surface area (Å²) in [6.07, 6.45) is 0.981. The van der Waals surface area contributed by atoms with Crippen molar-refractivity contribution in [3.8, 4) is 0 Å². The van der Waals surface area contributed by atoms with Crippen LogP contribution in [0.15, 0.2) is 17.5 Å². The summed E-state index contributed by atoms with van der Waals surface area (Å²) in [5, 5.41) is 10.3. The predicted octanol–water partition coefficient (Wildman–Crippen LogP) is 3.05. The number of aryl methyl sites for hydroxylation is 3. The van der Waals surface area contributed by atoms with E-state index in [1.807, 2.05) is 11.7 Å². The quantitative estimate of drug-likeness (QED) is 0.898. The first-order chi connectivity index (χ1) is 8.67. The molecule has 0 aliphatic heterocycles. The van der Waals surface area contributed by atoms with E-state index in [2.05, 4.69) is 48.7 Å². The van der Waals surface area contributed by atoms with Crippen molar-refractivity contribution in [1.82, 2.24) is 15.1 Å². The minimum absolute atomic E-state index is 0.249. The molecule has 2 rings (SSSR count). The lowest BCUT2D eigenvalue weighted by Gasteiger charge is -2.18. The second-order valence-electron chi connectivity index (χ2n) is 4.46. The van der Waals surface area contributed by atoms with Crippen molar-refractivity contribution in [2.24, 2.45) is 7.05 Å². The molecule has 0 aliphatic carbocycles. The zero-order valence-corrected chi connectivity index (χ0v) is 12.3. The molecule has 0 amide bonds. The Hall–Kier alpha value is -1.13. The van der Waals surface area contributed by atoms with Crippen LogP contribution < -0.4 is 5.32 Å². The molecule has 2 aromatic heterocycles. The van der Waals surface area contributed by atoms with Crippen LogP contribution in [0.3, 0.4) is 0 Å². The van der Waals surface area contributed by atoms with Crippen molar-refractivity contribution in [3.63, 3.8) is 0 Å². The summed E-state index contributed by atoms with van der Waals surface area (Å²) in [6, 6.07) is 4.68. The Morgan fingerprint density at radius 3 is 2.72 bits per heavy atom. The second-order valence-corrected chi connectivity index (χ2v) is 5.58. The Kier molecular flexibility index (Phi) is 4.19. The average molecular weight is 263 g/mol. The Labute approximate surface area is 113 Å². The predicted molar refractivity (Wildman–Crippen MR) is 77.2 cm³/mol. The molecule has 0 bridgehead atoms. The molecule has 4 heteroatoms. The molecule has 0 radical (unpaired) electrons. The Balaban J connectivity index is 2.41. The zero-order valence-electron chi connectivity index (χ0n) is 11.5. The highest BCUT2D eigenvalue weighted by Gasteiger charge is 2.19. The number of hydrogen-bond donors (Lipinski definition) is 1. The smallest absolute Gasteiger partial charge is 0.0758 e. The van der Waals surface area contributed by atoms with Gasteiger partial charge >= 0.3 is 0 Å². The molecule has 2 aromatic rings. The molecule has 1 N–H and O–H groups in total. The van der Waals surface area contributed by atoms with Crippen molar-refractivity contribution < 1.29 is 0 Å². The minimum Gasteiger partial charge on any atom is -0.305 e. The van der Waals surface area contributed by atoms with E-state index in [4.69, 9.17) is 0 Å². The molecule has 3 nitrogen and oxygen atoms in total. The van der Waals surface area contributed by atoms with Crippen LogP contribution in [0.25, 0.3) is 0 Å². The van der Waals surface area contributed by atoms with Crippen LogP contribution in [0, 0.1) is 6.92 Å². The van der Waals surface area contributed by atoms with Crippen molar-refractivity contribution in [1.29, 1.82) is 0 Å². The molecule has 1 atom stereocenters. The number of nitrogens with one attached hydrogen (secondary N) is 1. The summed E-state index contributed by atoms with van der Waals surface area (Å²) >= 11 is 1.80. The van der Waals surface area contributed by atoms with Crippen molar-refractivity contribution in [2.75, 3.05) is 6.54 Å². The first-order valence-electron chi connectivity index (χ1n) is 6.47. The number of hydrogen-bond acceptors (Lipinski definition) is 3. The van der Waals surface area contributed by atoms with Gasteiger partial charge in [-0.15, -0.1) is 11.3 Å². The lowest BCUT2D eigenvalue weighted by Crippen LogP contribution is -2.24. The van der Waals surface area contributed by atoms with E-state index in [1.165, 1.54) is 16.1 Å². The topological polar surface area (TPSA) is 29.9 Å². The first-order valence-corrected chi connectivity index (χ1v) is 7.35. The molecular weight excluding hydrogens is 242 g/mol. The maximum Gasteiger partial charge on any atom is 0.0758 e. The molecule has 18 heavy (non-hydrogen) atoms. The fourth-order valence-electron chi connectivity index (χ4n) is 2.26. The number of aromatic nitrogens is 2. The fourth-order valence-corrected chi connectivity index (χ4v) is 3.00. The molecule has 0 aromatic carbocycles. The summed E-state index contributed by atoms with van der Waals surface area (Å²) < 4.78 is 2.00. The van der Waals surface area contributed by atoms with Gasteiger partial charge in [0.1, 0.15) is 0 Å². The highest BCUT2D eigenvalue weighted by atomic mass is 32.1. The highest BCUT2D eigenvalue weighted by molar-refractivity contribution is 7.10. The van der Waals surface area contributed by atoms with Crippen molar-refractivity contribution in [3.05, 3.63) is 39.3 Å². The average Bonchev–Trinajstić information content (AvgIpc) is 2.93. The first kappa shape index (κ1) is 13.3. The largest absolute Gasteiger partial charge is 0.305 e. The van der Waals surface area contributed by atoms with Gasteiger partial charge in [0.25, 0.3) is 0 Å². The van der Waals surface area contributed by atoms with Crippen LogP contribution in [0.4, 0.5) is 0 Å². The summed E-state index contributed by atoms with van der Waals surface area (Å²) in [5.41, 5.74) is 3.77. The minimum atomic E-state index is 0.249. The van der Waals surface area contributed by atoms with Gasteiger partial charge in [0.05, 0.1) is 17.4 Å². The monoisotopic (exact) mass is 263 g/mol. The van der Waals surface area contributed by atoms with E-state index < -0.39 is 0 Å². The third-order valence-corrected chi connectivity index (χ3v) is 4.10. The molecule has 0 saturated carbocycles. The van der Waals surface area contributed by atoms with E-state index in [-0.39, 0.29) is 6.04 Å². The van der Waals surface area contributed by atoms with Crippen LogP contribution in [-0.4, -0.2) is 16.3 Å². The lowest BCUT2D eigenvalue weighted by atomic mass is 10.0. The molecule has 1 unspecified atom stereocenters. The van der Waals surface area contributed by atoms with Crippen LogP contribution in [0.2, 0.25) is 0 Å². The lowest BCUT2D eigenvalue weighted by molar-refractivity contribution is 0.571. The number of rotatable bonds is 5. The summed E-state index contributed by atoms with van der Waals surface area (Å²) in [5.74, 6) is 0. The van der Waals surface area contributed by atoms with Gasteiger partial charge < -0.3 is 5.32 Å². The number of thiophene rings is 1. The van der Waals surface area contributed by atoms with E-state index in [0.717, 1.165) is 18.7 Å². The van der Waals surface area contributed by atoms with Gasteiger partial charge in [-0.3, -0.25) is 4.68 Å². The van der Waals surface area contributed by atoms with Crippen LogP contribution in [-0.2, 0) is 13.5 Å². The molecular formula is C14H21N3S. The molecule has 0 spiro atoms. The second kappa shape index (κ2) is 5.67. The normalized spacial score (nSPS) is 12.9. The fraction of sp³-hybridized carbons (Fsp3) is 0.500. The summed E-state index contributed by atoms with van der Waals surface area (Å²) in [7, 11) is 2.03. The SMILES string of the molecule is CCNC(c1ccsc1C)c1cc(CC)nn1C. The molecule has 0 saturated heterocycles. The maximum atomic E-state index is 4.55. The highest BCUT2D eigenvalue weighted by Crippen LogP contribution is 2.28. The Bertz CT molecular complexity index is 513. The van der Waals surface area contributed by atoms with Crippen molar-refractivity contribution >= 4 is 11.3 Å². The third-order valence-electron chi connectivity index (χ3n) is 3.24. The van der Waals surface area contributed by atoms with Gasteiger partial charge in [0.2, 0.25) is 0 Å². The van der Waals surface area contributed by atoms with Crippen LogP contribution in [0.1, 0.15) is 41.7 Å². The van der Waals surface area contributed by atoms with Gasteiger partial charge in [-0.25, -0.2) is 0 Å². The summed E-state index contributed by atoms with van der Waals surface area (Å²) in [6.45, 7) is 7.42. The van der Waals surface area contributed by atoms with Gasteiger partial charge in [-0.05, 0) is 43.0 Å². The standard InChI is InChI=1S/C14H21N3S/c1-5-11-9-13(17(4)16-11)14(15-6-2)12-7-8-18-10(12)3/h7-9,14-15H,5-6H2,1-4H3. The third kappa shape index (κ3) is 2.49. The summed E-state index contributed by atoms with van der Waals surface area (Å²) in [4.78, 5) is 1.38. The van der Waals surface area contributed by atoms with E-state index in [0.29, 0.717) is 0 Å². The Morgan fingerprint density at radius 1 is 1.44 bits per heavy atom. The van der Waals surface area contributed by atoms with Gasteiger partial charge in [-0.1, -0.05) is 13.8 Å². The molecule has 0 fully saturated rings. The van der Waals surface area contributed by atoms with Gasteiger partial charge in [0.15, 0.2) is 0 Å². The molecule has 0 aliphatic rings. The van der Waals surface area contributed by atoms with E-state index in [1.54, 1.807) is 11.3 Å². The zero-order chi connectivity index (χ0) is 13.1. The number of nitrogens with zero attached hydrogens (tertiary/aromatic N) is 2. The van der Waals surface area contributed by atoms with E-state index >= 15 is 0 Å². The van der Waals surface area contributed by atoms with Gasteiger partial charge in [0, 0.05) is 11.9 Å².